The van der Waals surface area contributed by atoms with E-state index in [1.807, 2.05) is 20.0 Å². The van der Waals surface area contributed by atoms with Crippen molar-refractivity contribution in [3.8, 4) is 0 Å². The summed E-state index contributed by atoms with van der Waals surface area (Å²) in [5.41, 5.74) is 0.755. The number of anilines is 1. The van der Waals surface area contributed by atoms with Crippen molar-refractivity contribution >= 4 is 5.82 Å². The van der Waals surface area contributed by atoms with E-state index in [2.05, 4.69) is 15.3 Å². The molecule has 0 saturated heterocycles. The summed E-state index contributed by atoms with van der Waals surface area (Å²) in [6, 6.07) is 1.94. The second-order valence-electron chi connectivity index (χ2n) is 4.02. The number of ether oxygens (including phenoxy) is 1. The third-order valence-corrected chi connectivity index (χ3v) is 3.07. The van der Waals surface area contributed by atoms with Crippen LogP contribution < -0.4 is 5.32 Å². The lowest BCUT2D eigenvalue weighted by Gasteiger charge is -2.38. The zero-order chi connectivity index (χ0) is 10.9. The number of hydrogen-bond donors (Lipinski definition) is 1. The monoisotopic (exact) mass is 207 g/mol. The number of aryl methyl sites for hydroxylation is 1. The van der Waals surface area contributed by atoms with Gasteiger partial charge in [0.1, 0.15) is 11.4 Å². The van der Waals surface area contributed by atoms with Gasteiger partial charge in [-0.1, -0.05) is 0 Å². The second kappa shape index (κ2) is 3.77. The molecule has 1 N–H and O–H groups in total. The first kappa shape index (κ1) is 10.4. The Bertz CT molecular complexity index is 355. The Morgan fingerprint density at radius 2 is 2.13 bits per heavy atom. The van der Waals surface area contributed by atoms with Crippen LogP contribution in [-0.4, -0.2) is 24.1 Å². The standard InChI is InChI=1S/C11H17N3O/c1-8-7-9(12-2)14-10(13-8)11(15-3)5-4-6-11/h7H,4-6H2,1-3H3,(H,12,13,14). The summed E-state index contributed by atoms with van der Waals surface area (Å²) in [7, 11) is 3.61. The van der Waals surface area contributed by atoms with Crippen LogP contribution in [0.5, 0.6) is 0 Å². The van der Waals surface area contributed by atoms with Crippen molar-refractivity contribution in [2.24, 2.45) is 0 Å². The lowest BCUT2D eigenvalue weighted by atomic mass is 9.79. The molecule has 0 aliphatic heterocycles. The van der Waals surface area contributed by atoms with E-state index in [1.165, 1.54) is 6.42 Å². The van der Waals surface area contributed by atoms with Crippen molar-refractivity contribution in [2.45, 2.75) is 31.8 Å². The highest BCUT2D eigenvalue weighted by molar-refractivity contribution is 5.36. The Hall–Kier alpha value is -1.16. The summed E-state index contributed by atoms with van der Waals surface area (Å²) in [5.74, 6) is 1.68. The van der Waals surface area contributed by atoms with Crippen LogP contribution in [0.2, 0.25) is 0 Å². The van der Waals surface area contributed by atoms with Crippen molar-refractivity contribution in [3.63, 3.8) is 0 Å². The quantitative estimate of drug-likeness (QED) is 0.821. The number of rotatable bonds is 3. The van der Waals surface area contributed by atoms with Gasteiger partial charge in [0.15, 0.2) is 5.82 Å². The molecule has 82 valence electrons. The summed E-state index contributed by atoms with van der Waals surface area (Å²) < 4.78 is 5.56. The van der Waals surface area contributed by atoms with Crippen LogP contribution in [0.3, 0.4) is 0 Å². The van der Waals surface area contributed by atoms with Gasteiger partial charge in [0.25, 0.3) is 0 Å². The predicted octanol–water partition coefficient (Wildman–Crippen LogP) is 1.85. The minimum atomic E-state index is -0.225. The molecule has 0 atom stereocenters. The highest BCUT2D eigenvalue weighted by atomic mass is 16.5. The molecule has 1 heterocycles. The van der Waals surface area contributed by atoms with Crippen molar-refractivity contribution in [2.75, 3.05) is 19.5 Å². The van der Waals surface area contributed by atoms with Crippen LogP contribution in [0.4, 0.5) is 5.82 Å². The van der Waals surface area contributed by atoms with Gasteiger partial charge in [-0.25, -0.2) is 9.97 Å². The first-order valence-corrected chi connectivity index (χ1v) is 5.29. The van der Waals surface area contributed by atoms with E-state index in [0.29, 0.717) is 0 Å². The van der Waals surface area contributed by atoms with Gasteiger partial charge < -0.3 is 10.1 Å². The molecule has 1 aliphatic carbocycles. The molecule has 15 heavy (non-hydrogen) atoms. The van der Waals surface area contributed by atoms with Crippen LogP contribution in [0.15, 0.2) is 6.07 Å². The summed E-state index contributed by atoms with van der Waals surface area (Å²) in [5, 5.41) is 3.05. The maximum Gasteiger partial charge on any atom is 0.162 e. The summed E-state index contributed by atoms with van der Waals surface area (Å²) >= 11 is 0. The Morgan fingerprint density at radius 1 is 1.40 bits per heavy atom. The maximum absolute atomic E-state index is 5.56. The highest BCUT2D eigenvalue weighted by Gasteiger charge is 2.41. The van der Waals surface area contributed by atoms with Gasteiger partial charge in [-0.05, 0) is 26.2 Å². The minimum absolute atomic E-state index is 0.225. The largest absolute Gasteiger partial charge is 0.373 e. The van der Waals surface area contributed by atoms with Crippen LogP contribution in [0.25, 0.3) is 0 Å². The van der Waals surface area contributed by atoms with E-state index >= 15 is 0 Å². The molecule has 1 saturated carbocycles. The van der Waals surface area contributed by atoms with E-state index in [4.69, 9.17) is 4.74 Å². The fraction of sp³-hybridized carbons (Fsp3) is 0.636. The van der Waals surface area contributed by atoms with Crippen molar-refractivity contribution in [1.29, 1.82) is 0 Å². The molecule has 0 spiro atoms. The van der Waals surface area contributed by atoms with Gasteiger partial charge in [0, 0.05) is 25.9 Å². The van der Waals surface area contributed by atoms with Crippen molar-refractivity contribution in [1.82, 2.24) is 9.97 Å². The molecular formula is C11H17N3O. The van der Waals surface area contributed by atoms with Gasteiger partial charge in [-0.15, -0.1) is 0 Å². The van der Waals surface area contributed by atoms with Gasteiger partial charge >= 0.3 is 0 Å². The Balaban J connectivity index is 2.38. The van der Waals surface area contributed by atoms with Crippen LogP contribution in [0, 0.1) is 6.92 Å². The average Bonchev–Trinajstić information content (AvgIpc) is 2.16. The zero-order valence-corrected chi connectivity index (χ0v) is 9.50. The second-order valence-corrected chi connectivity index (χ2v) is 4.02. The van der Waals surface area contributed by atoms with Gasteiger partial charge in [0.2, 0.25) is 0 Å². The minimum Gasteiger partial charge on any atom is -0.373 e. The first-order chi connectivity index (χ1) is 7.20. The molecule has 1 aromatic heterocycles. The van der Waals surface area contributed by atoms with Crippen molar-refractivity contribution < 1.29 is 4.74 Å². The fourth-order valence-electron chi connectivity index (χ4n) is 1.92. The number of methoxy groups -OCH3 is 1. The Kier molecular flexibility index (Phi) is 2.61. The number of nitrogens with one attached hydrogen (secondary N) is 1. The molecule has 1 fully saturated rings. The van der Waals surface area contributed by atoms with Crippen molar-refractivity contribution in [3.05, 3.63) is 17.6 Å². The van der Waals surface area contributed by atoms with Gasteiger partial charge in [-0.2, -0.15) is 0 Å². The normalized spacial score (nSPS) is 18.3. The predicted molar refractivity (Wildman–Crippen MR) is 58.9 cm³/mol. The molecule has 0 bridgehead atoms. The fourth-order valence-corrected chi connectivity index (χ4v) is 1.92. The van der Waals surface area contributed by atoms with E-state index in [0.717, 1.165) is 30.2 Å². The molecule has 1 aromatic rings. The molecule has 0 amide bonds. The summed E-state index contributed by atoms with van der Waals surface area (Å²) in [4.78, 5) is 8.94. The Labute approximate surface area is 90.1 Å². The molecule has 0 unspecified atom stereocenters. The zero-order valence-electron chi connectivity index (χ0n) is 9.50. The number of nitrogens with zero attached hydrogens (tertiary/aromatic N) is 2. The molecular weight excluding hydrogens is 190 g/mol. The molecule has 0 aromatic carbocycles. The van der Waals surface area contributed by atoms with Gasteiger partial charge in [0.05, 0.1) is 0 Å². The third kappa shape index (κ3) is 1.69. The smallest absolute Gasteiger partial charge is 0.162 e. The lowest BCUT2D eigenvalue weighted by molar-refractivity contribution is -0.0846. The molecule has 4 heteroatoms. The molecule has 2 rings (SSSR count). The first-order valence-electron chi connectivity index (χ1n) is 5.29. The number of hydrogen-bond acceptors (Lipinski definition) is 4. The average molecular weight is 207 g/mol. The van der Waals surface area contributed by atoms with E-state index in [-0.39, 0.29) is 5.60 Å². The van der Waals surface area contributed by atoms with Crippen LogP contribution in [0.1, 0.15) is 30.8 Å². The lowest BCUT2D eigenvalue weighted by Crippen LogP contribution is -2.38. The topological polar surface area (TPSA) is 47.0 Å². The number of aromatic nitrogens is 2. The highest BCUT2D eigenvalue weighted by Crippen LogP contribution is 2.42. The molecule has 1 aliphatic rings. The van der Waals surface area contributed by atoms with E-state index in [9.17, 15) is 0 Å². The SMILES string of the molecule is CNc1cc(C)nc(C2(OC)CCC2)n1. The molecule has 4 nitrogen and oxygen atoms in total. The summed E-state index contributed by atoms with van der Waals surface area (Å²) in [6.07, 6.45) is 3.24. The van der Waals surface area contributed by atoms with Gasteiger partial charge in [-0.3, -0.25) is 0 Å². The Morgan fingerprint density at radius 3 is 2.60 bits per heavy atom. The summed E-state index contributed by atoms with van der Waals surface area (Å²) in [6.45, 7) is 1.98. The third-order valence-electron chi connectivity index (χ3n) is 3.07. The van der Waals surface area contributed by atoms with Crippen LogP contribution in [-0.2, 0) is 10.3 Å². The maximum atomic E-state index is 5.56. The van der Waals surface area contributed by atoms with E-state index in [1.54, 1.807) is 7.11 Å². The van der Waals surface area contributed by atoms with E-state index < -0.39 is 0 Å². The van der Waals surface area contributed by atoms with Crippen LogP contribution >= 0.6 is 0 Å². The molecule has 0 radical (unpaired) electrons.